The fourth-order valence-electron chi connectivity index (χ4n) is 1.01. The second-order valence-electron chi connectivity index (χ2n) is 2.34. The molecular formula is C12H18OS2. The van der Waals surface area contributed by atoms with Crippen molar-refractivity contribution >= 4 is 32.1 Å². The predicted octanol–water partition coefficient (Wildman–Crippen LogP) is 4.68. The van der Waals surface area contributed by atoms with Gasteiger partial charge in [-0.2, -0.15) is 0 Å². The first kappa shape index (κ1) is 14.3. The third-order valence-corrected chi connectivity index (χ3v) is 3.52. The Morgan fingerprint density at radius 1 is 1.13 bits per heavy atom. The topological polar surface area (TPSA) is 17.1 Å². The SMILES string of the molecule is CC.CC.Cc1cc(=O)c2sccc2s1. The smallest absolute Gasteiger partial charge is 0.198 e. The van der Waals surface area contributed by atoms with Crippen LogP contribution < -0.4 is 5.43 Å². The van der Waals surface area contributed by atoms with E-state index in [9.17, 15) is 4.79 Å². The minimum Gasteiger partial charge on any atom is -0.288 e. The molecule has 2 heterocycles. The van der Waals surface area contributed by atoms with Crippen LogP contribution in [0.3, 0.4) is 0 Å². The Kier molecular flexibility index (Phi) is 7.26. The molecular weight excluding hydrogens is 224 g/mol. The summed E-state index contributed by atoms with van der Waals surface area (Å²) in [5.74, 6) is 0. The van der Waals surface area contributed by atoms with E-state index >= 15 is 0 Å². The van der Waals surface area contributed by atoms with Crippen molar-refractivity contribution in [2.75, 3.05) is 0 Å². The summed E-state index contributed by atoms with van der Waals surface area (Å²) >= 11 is 3.19. The van der Waals surface area contributed by atoms with Gasteiger partial charge in [-0.05, 0) is 24.4 Å². The van der Waals surface area contributed by atoms with E-state index < -0.39 is 0 Å². The number of hydrogen-bond acceptors (Lipinski definition) is 3. The van der Waals surface area contributed by atoms with Gasteiger partial charge in [-0.1, -0.05) is 27.7 Å². The van der Waals surface area contributed by atoms with Crippen LogP contribution in [0.25, 0.3) is 9.40 Å². The van der Waals surface area contributed by atoms with Gasteiger partial charge < -0.3 is 0 Å². The Morgan fingerprint density at radius 3 is 2.33 bits per heavy atom. The van der Waals surface area contributed by atoms with E-state index in [0.29, 0.717) is 0 Å². The van der Waals surface area contributed by atoms with Gasteiger partial charge in [0.05, 0.1) is 4.70 Å². The Hall–Kier alpha value is -0.670. The van der Waals surface area contributed by atoms with Crippen LogP contribution in [0.2, 0.25) is 0 Å². The molecule has 0 aliphatic rings. The summed E-state index contributed by atoms with van der Waals surface area (Å²) in [6.45, 7) is 9.96. The van der Waals surface area contributed by atoms with E-state index in [1.807, 2.05) is 46.1 Å². The predicted molar refractivity (Wildman–Crippen MR) is 73.4 cm³/mol. The lowest BCUT2D eigenvalue weighted by Crippen LogP contribution is -1.94. The molecule has 0 bridgehead atoms. The molecule has 0 aliphatic heterocycles. The second-order valence-corrected chi connectivity index (χ2v) is 4.54. The number of fused-ring (bicyclic) bond motifs is 1. The average Bonchev–Trinajstić information content (AvgIpc) is 2.72. The monoisotopic (exact) mass is 242 g/mol. The highest BCUT2D eigenvalue weighted by Gasteiger charge is 1.99. The number of thiophene rings is 1. The van der Waals surface area contributed by atoms with Crippen molar-refractivity contribution in [2.45, 2.75) is 34.6 Å². The van der Waals surface area contributed by atoms with Crippen LogP contribution in [0, 0.1) is 6.92 Å². The lowest BCUT2D eigenvalue weighted by atomic mass is 10.4. The Morgan fingerprint density at radius 2 is 1.73 bits per heavy atom. The molecule has 84 valence electrons. The van der Waals surface area contributed by atoms with Gasteiger partial charge in [0, 0.05) is 9.58 Å². The molecule has 0 N–H and O–H groups in total. The summed E-state index contributed by atoms with van der Waals surface area (Å²) in [6, 6.07) is 3.70. The van der Waals surface area contributed by atoms with Crippen LogP contribution in [0.1, 0.15) is 32.6 Å². The Bertz CT molecular complexity index is 440. The minimum atomic E-state index is 0.159. The highest BCUT2D eigenvalue weighted by molar-refractivity contribution is 7.25. The first-order chi connectivity index (χ1) is 7.27. The molecule has 0 aliphatic carbocycles. The lowest BCUT2D eigenvalue weighted by molar-refractivity contribution is 1.50. The molecule has 3 heteroatoms. The molecule has 0 amide bonds. The third-order valence-electron chi connectivity index (χ3n) is 1.46. The summed E-state index contributed by atoms with van der Waals surface area (Å²) in [6.07, 6.45) is 0. The van der Waals surface area contributed by atoms with Crippen molar-refractivity contribution in [3.8, 4) is 0 Å². The molecule has 2 rings (SSSR count). The van der Waals surface area contributed by atoms with Gasteiger partial charge >= 0.3 is 0 Å². The summed E-state index contributed by atoms with van der Waals surface area (Å²) in [4.78, 5) is 12.4. The zero-order valence-corrected chi connectivity index (χ0v) is 11.6. The van der Waals surface area contributed by atoms with Gasteiger partial charge in [-0.15, -0.1) is 22.7 Å². The zero-order valence-electron chi connectivity index (χ0n) is 9.96. The van der Waals surface area contributed by atoms with Gasteiger partial charge in [0.25, 0.3) is 0 Å². The maximum absolute atomic E-state index is 11.3. The summed E-state index contributed by atoms with van der Waals surface area (Å²) < 4.78 is 2.00. The molecule has 2 aromatic rings. The maximum atomic E-state index is 11.3. The zero-order chi connectivity index (χ0) is 11.8. The van der Waals surface area contributed by atoms with Crippen LogP contribution >= 0.6 is 22.7 Å². The van der Waals surface area contributed by atoms with E-state index in [-0.39, 0.29) is 5.43 Å². The van der Waals surface area contributed by atoms with E-state index in [4.69, 9.17) is 0 Å². The standard InChI is InChI=1S/C8H6OS2.2C2H6/c1-5-4-6(9)8-7(11-5)2-3-10-8;2*1-2/h2-4H,1H3;2*1-2H3. The minimum absolute atomic E-state index is 0.159. The molecule has 0 saturated carbocycles. The quantitative estimate of drug-likeness (QED) is 0.655. The van der Waals surface area contributed by atoms with Gasteiger partial charge in [0.15, 0.2) is 5.43 Å². The summed E-state index contributed by atoms with van der Waals surface area (Å²) in [7, 11) is 0. The van der Waals surface area contributed by atoms with Crippen molar-refractivity contribution in [3.05, 3.63) is 32.6 Å². The lowest BCUT2D eigenvalue weighted by Gasteiger charge is -1.88. The summed E-state index contributed by atoms with van der Waals surface area (Å²) in [5.41, 5.74) is 0.159. The second kappa shape index (κ2) is 7.60. The summed E-state index contributed by atoms with van der Waals surface area (Å²) in [5, 5.41) is 1.96. The normalized spacial score (nSPS) is 8.60. The fraction of sp³-hybridized carbons (Fsp3) is 0.417. The molecule has 2 aromatic heterocycles. The van der Waals surface area contributed by atoms with E-state index in [0.717, 1.165) is 14.3 Å². The molecule has 0 radical (unpaired) electrons. The van der Waals surface area contributed by atoms with Gasteiger partial charge in [0.1, 0.15) is 0 Å². The maximum Gasteiger partial charge on any atom is 0.198 e. The Labute approximate surface area is 99.4 Å². The molecule has 0 aromatic carbocycles. The molecule has 0 saturated heterocycles. The number of rotatable bonds is 0. The van der Waals surface area contributed by atoms with Crippen molar-refractivity contribution in [1.82, 2.24) is 0 Å². The van der Waals surface area contributed by atoms with Crippen molar-refractivity contribution in [1.29, 1.82) is 0 Å². The van der Waals surface area contributed by atoms with Crippen molar-refractivity contribution in [2.24, 2.45) is 0 Å². The van der Waals surface area contributed by atoms with Crippen LogP contribution in [0.5, 0.6) is 0 Å². The molecule has 15 heavy (non-hydrogen) atoms. The molecule has 0 spiro atoms. The van der Waals surface area contributed by atoms with Crippen molar-refractivity contribution in [3.63, 3.8) is 0 Å². The molecule has 0 unspecified atom stereocenters. The third kappa shape index (κ3) is 3.76. The van der Waals surface area contributed by atoms with Crippen molar-refractivity contribution < 1.29 is 0 Å². The number of hydrogen-bond donors (Lipinski definition) is 0. The fourth-order valence-corrected chi connectivity index (χ4v) is 2.91. The first-order valence-corrected chi connectivity index (χ1v) is 6.95. The van der Waals surface area contributed by atoms with Crippen LogP contribution in [0.15, 0.2) is 22.3 Å². The van der Waals surface area contributed by atoms with Crippen LogP contribution in [-0.2, 0) is 0 Å². The van der Waals surface area contributed by atoms with Crippen LogP contribution in [-0.4, -0.2) is 0 Å². The van der Waals surface area contributed by atoms with Crippen LogP contribution in [0.4, 0.5) is 0 Å². The molecule has 1 nitrogen and oxygen atoms in total. The van der Waals surface area contributed by atoms with Gasteiger partial charge in [-0.3, -0.25) is 4.79 Å². The highest BCUT2D eigenvalue weighted by atomic mass is 32.1. The highest BCUT2D eigenvalue weighted by Crippen LogP contribution is 2.22. The largest absolute Gasteiger partial charge is 0.288 e. The van der Waals surface area contributed by atoms with Gasteiger partial charge in [-0.25, -0.2) is 0 Å². The molecule has 0 atom stereocenters. The van der Waals surface area contributed by atoms with E-state index in [1.165, 1.54) is 11.3 Å². The van der Waals surface area contributed by atoms with Gasteiger partial charge in [0.2, 0.25) is 0 Å². The Balaban J connectivity index is 0.000000442. The van der Waals surface area contributed by atoms with E-state index in [2.05, 4.69) is 0 Å². The average molecular weight is 242 g/mol. The number of aryl methyl sites for hydroxylation is 1. The van der Waals surface area contributed by atoms with E-state index in [1.54, 1.807) is 17.4 Å². The first-order valence-electron chi connectivity index (χ1n) is 5.25. The molecule has 0 fully saturated rings.